The standard InChI is InChI=1S/C14H11F3O2/c1-8-3-5-10(6-4-8)12-7-11(9(2)18)13(19-12)14(15,16)17/h3-7H,1-2H3. The van der Waals surface area contributed by atoms with E-state index in [-0.39, 0.29) is 5.76 Å². The molecule has 2 aromatic rings. The van der Waals surface area contributed by atoms with Gasteiger partial charge in [-0.15, -0.1) is 0 Å². The molecule has 0 atom stereocenters. The predicted molar refractivity (Wildman–Crippen MR) is 63.9 cm³/mol. The minimum atomic E-state index is -4.68. The smallest absolute Gasteiger partial charge is 0.450 e. The van der Waals surface area contributed by atoms with Crippen LogP contribution in [0.5, 0.6) is 0 Å². The van der Waals surface area contributed by atoms with Gasteiger partial charge in [0, 0.05) is 5.56 Å². The second-order valence-corrected chi connectivity index (χ2v) is 4.27. The summed E-state index contributed by atoms with van der Waals surface area (Å²) in [6.07, 6.45) is -4.68. The van der Waals surface area contributed by atoms with E-state index >= 15 is 0 Å². The van der Waals surface area contributed by atoms with Gasteiger partial charge < -0.3 is 4.42 Å². The number of rotatable bonds is 2. The minimum Gasteiger partial charge on any atom is -0.451 e. The number of halogens is 3. The normalized spacial score (nSPS) is 11.6. The number of carbonyl (C=O) groups excluding carboxylic acids is 1. The van der Waals surface area contributed by atoms with Crippen LogP contribution in [0.25, 0.3) is 11.3 Å². The summed E-state index contributed by atoms with van der Waals surface area (Å²) in [7, 11) is 0. The molecule has 0 radical (unpaired) electrons. The summed E-state index contributed by atoms with van der Waals surface area (Å²) in [6, 6.07) is 7.96. The largest absolute Gasteiger partial charge is 0.451 e. The number of alkyl halides is 3. The van der Waals surface area contributed by atoms with Crippen LogP contribution >= 0.6 is 0 Å². The molecule has 1 aromatic heterocycles. The van der Waals surface area contributed by atoms with Crippen LogP contribution in [-0.2, 0) is 6.18 Å². The van der Waals surface area contributed by atoms with Gasteiger partial charge in [-0.25, -0.2) is 0 Å². The maximum absolute atomic E-state index is 12.8. The molecule has 0 aliphatic heterocycles. The van der Waals surface area contributed by atoms with Gasteiger partial charge in [0.2, 0.25) is 5.76 Å². The molecule has 0 aliphatic carbocycles. The Hall–Kier alpha value is -2.04. The lowest BCUT2D eigenvalue weighted by atomic mass is 10.1. The average molecular weight is 268 g/mol. The summed E-state index contributed by atoms with van der Waals surface area (Å²) >= 11 is 0. The predicted octanol–water partition coefficient (Wildman–Crippen LogP) is 4.48. The van der Waals surface area contributed by atoms with E-state index in [4.69, 9.17) is 4.42 Å². The molecule has 2 rings (SSSR count). The highest BCUT2D eigenvalue weighted by Gasteiger charge is 2.39. The number of hydrogen-bond acceptors (Lipinski definition) is 2. The molecule has 0 fully saturated rings. The van der Waals surface area contributed by atoms with Gasteiger partial charge >= 0.3 is 6.18 Å². The quantitative estimate of drug-likeness (QED) is 0.752. The molecule has 0 spiro atoms. The van der Waals surface area contributed by atoms with Crippen molar-refractivity contribution in [3.05, 3.63) is 47.2 Å². The number of benzene rings is 1. The second-order valence-electron chi connectivity index (χ2n) is 4.27. The fourth-order valence-corrected chi connectivity index (χ4v) is 1.72. The highest BCUT2D eigenvalue weighted by molar-refractivity contribution is 5.96. The van der Waals surface area contributed by atoms with Crippen molar-refractivity contribution in [2.24, 2.45) is 0 Å². The van der Waals surface area contributed by atoms with Crippen LogP contribution in [0.3, 0.4) is 0 Å². The number of hydrogen-bond donors (Lipinski definition) is 0. The lowest BCUT2D eigenvalue weighted by Gasteiger charge is -2.03. The third kappa shape index (κ3) is 2.70. The second kappa shape index (κ2) is 4.57. The molecule has 0 unspecified atom stereocenters. The van der Waals surface area contributed by atoms with Gasteiger partial charge in [-0.1, -0.05) is 29.8 Å². The number of carbonyl (C=O) groups is 1. The summed E-state index contributed by atoms with van der Waals surface area (Å²) in [5.74, 6) is -1.87. The third-order valence-corrected chi connectivity index (χ3v) is 2.70. The molecule has 0 saturated heterocycles. The maximum Gasteiger partial charge on any atom is 0.450 e. The summed E-state index contributed by atoms with van der Waals surface area (Å²) in [5.41, 5.74) is 1.05. The first kappa shape index (κ1) is 13.4. The SMILES string of the molecule is CC(=O)c1cc(-c2ccc(C)cc2)oc1C(F)(F)F. The van der Waals surface area contributed by atoms with E-state index < -0.39 is 23.3 Å². The fraction of sp³-hybridized carbons (Fsp3) is 0.214. The summed E-state index contributed by atoms with van der Waals surface area (Å²) in [6.45, 7) is 2.95. The lowest BCUT2D eigenvalue weighted by Crippen LogP contribution is -2.08. The summed E-state index contributed by atoms with van der Waals surface area (Å²) < 4.78 is 43.1. The molecule has 5 heteroatoms. The van der Waals surface area contributed by atoms with E-state index in [1.54, 1.807) is 24.3 Å². The van der Waals surface area contributed by atoms with Crippen molar-refractivity contribution in [3.63, 3.8) is 0 Å². The zero-order chi connectivity index (χ0) is 14.2. The number of furan rings is 1. The first-order chi connectivity index (χ1) is 8.79. The molecule has 100 valence electrons. The van der Waals surface area contributed by atoms with E-state index in [0.29, 0.717) is 5.56 Å². The number of aryl methyl sites for hydroxylation is 1. The van der Waals surface area contributed by atoms with E-state index in [1.807, 2.05) is 6.92 Å². The van der Waals surface area contributed by atoms with E-state index in [0.717, 1.165) is 18.6 Å². The molecule has 1 heterocycles. The summed E-state index contributed by atoms with van der Waals surface area (Å²) in [4.78, 5) is 11.3. The molecule has 0 N–H and O–H groups in total. The van der Waals surface area contributed by atoms with Gasteiger partial charge in [-0.3, -0.25) is 4.79 Å². The monoisotopic (exact) mass is 268 g/mol. The van der Waals surface area contributed by atoms with Gasteiger partial charge in [0.05, 0.1) is 5.56 Å². The molecule has 0 amide bonds. The Morgan fingerprint density at radius 3 is 2.16 bits per heavy atom. The molecule has 0 bridgehead atoms. The molecule has 1 aromatic carbocycles. The van der Waals surface area contributed by atoms with Crippen LogP contribution in [0, 0.1) is 6.92 Å². The van der Waals surface area contributed by atoms with Crippen LogP contribution < -0.4 is 0 Å². The third-order valence-electron chi connectivity index (χ3n) is 2.70. The van der Waals surface area contributed by atoms with Crippen LogP contribution in [0.15, 0.2) is 34.7 Å². The topological polar surface area (TPSA) is 30.2 Å². The van der Waals surface area contributed by atoms with E-state index in [2.05, 4.69) is 0 Å². The van der Waals surface area contributed by atoms with Gasteiger partial charge in [0.15, 0.2) is 5.78 Å². The van der Waals surface area contributed by atoms with Crippen LogP contribution in [-0.4, -0.2) is 5.78 Å². The van der Waals surface area contributed by atoms with Crippen LogP contribution in [0.2, 0.25) is 0 Å². The molecule has 0 saturated carbocycles. The van der Waals surface area contributed by atoms with Gasteiger partial charge in [0.1, 0.15) is 5.76 Å². The van der Waals surface area contributed by atoms with Gasteiger partial charge in [-0.05, 0) is 19.9 Å². The number of ketones is 1. The Balaban J connectivity index is 2.55. The summed E-state index contributed by atoms with van der Waals surface area (Å²) in [5, 5.41) is 0. The van der Waals surface area contributed by atoms with Crippen molar-refractivity contribution in [3.8, 4) is 11.3 Å². The highest BCUT2D eigenvalue weighted by atomic mass is 19.4. The number of Topliss-reactive ketones (excluding diaryl/α,β-unsaturated/α-hetero) is 1. The molecule has 19 heavy (non-hydrogen) atoms. The Bertz CT molecular complexity index is 607. The van der Waals surface area contributed by atoms with Gasteiger partial charge in [0.25, 0.3) is 0 Å². The van der Waals surface area contributed by atoms with Crippen molar-refractivity contribution in [1.29, 1.82) is 0 Å². The molecular formula is C14H11F3O2. The Labute approximate surface area is 107 Å². The Morgan fingerprint density at radius 1 is 1.16 bits per heavy atom. The van der Waals surface area contributed by atoms with Crippen molar-refractivity contribution in [2.75, 3.05) is 0 Å². The fourth-order valence-electron chi connectivity index (χ4n) is 1.72. The zero-order valence-electron chi connectivity index (χ0n) is 10.3. The van der Waals surface area contributed by atoms with E-state index in [9.17, 15) is 18.0 Å². The van der Waals surface area contributed by atoms with Crippen molar-refractivity contribution >= 4 is 5.78 Å². The van der Waals surface area contributed by atoms with Crippen molar-refractivity contribution < 1.29 is 22.4 Å². The van der Waals surface area contributed by atoms with Crippen molar-refractivity contribution in [1.82, 2.24) is 0 Å². The molecular weight excluding hydrogens is 257 g/mol. The molecule has 2 nitrogen and oxygen atoms in total. The molecule has 0 aliphatic rings. The lowest BCUT2D eigenvalue weighted by molar-refractivity contribution is -0.153. The highest BCUT2D eigenvalue weighted by Crippen LogP contribution is 2.37. The van der Waals surface area contributed by atoms with Crippen LogP contribution in [0.4, 0.5) is 13.2 Å². The Morgan fingerprint density at radius 2 is 1.74 bits per heavy atom. The Kier molecular flexibility index (Phi) is 3.22. The first-order valence-electron chi connectivity index (χ1n) is 5.58. The van der Waals surface area contributed by atoms with Crippen LogP contribution in [0.1, 0.15) is 28.6 Å². The van der Waals surface area contributed by atoms with E-state index in [1.165, 1.54) is 0 Å². The van der Waals surface area contributed by atoms with Crippen molar-refractivity contribution in [2.45, 2.75) is 20.0 Å². The van der Waals surface area contributed by atoms with Gasteiger partial charge in [-0.2, -0.15) is 13.2 Å². The average Bonchev–Trinajstić information content (AvgIpc) is 2.74. The minimum absolute atomic E-state index is 0.0394. The maximum atomic E-state index is 12.8. The first-order valence-corrected chi connectivity index (χ1v) is 5.58. The zero-order valence-corrected chi connectivity index (χ0v) is 10.3.